The van der Waals surface area contributed by atoms with Crippen LogP contribution < -0.4 is 14.4 Å². The van der Waals surface area contributed by atoms with Gasteiger partial charge in [-0.1, -0.05) is 43.2 Å². The van der Waals surface area contributed by atoms with E-state index in [1.54, 1.807) is 36.4 Å². The van der Waals surface area contributed by atoms with Crippen molar-refractivity contribution in [3.8, 4) is 11.5 Å². The number of carbonyl (C=O) groups is 1. The molecule has 2 aromatic carbocycles. The van der Waals surface area contributed by atoms with Gasteiger partial charge in [0.2, 0.25) is 15.9 Å². The van der Waals surface area contributed by atoms with E-state index in [4.69, 9.17) is 4.74 Å². The molecule has 1 amide bonds. The van der Waals surface area contributed by atoms with Crippen molar-refractivity contribution >= 4 is 21.6 Å². The molecule has 7 nitrogen and oxygen atoms in total. The van der Waals surface area contributed by atoms with E-state index in [2.05, 4.69) is 10.2 Å². The number of rotatable bonds is 10. The molecular formula is C24H33N3O4S. The van der Waals surface area contributed by atoms with E-state index in [0.717, 1.165) is 36.6 Å². The molecular weight excluding hydrogens is 426 g/mol. The van der Waals surface area contributed by atoms with Crippen LogP contribution in [0.1, 0.15) is 32.1 Å². The molecule has 0 saturated carbocycles. The molecule has 0 aromatic heterocycles. The van der Waals surface area contributed by atoms with Gasteiger partial charge < -0.3 is 15.0 Å². The smallest absolute Gasteiger partial charge is 0.240 e. The van der Waals surface area contributed by atoms with Gasteiger partial charge in [0.15, 0.2) is 5.75 Å². The zero-order valence-corrected chi connectivity index (χ0v) is 19.5. The molecule has 8 heteroatoms. The Morgan fingerprint density at radius 1 is 1.00 bits per heavy atom. The molecule has 1 aliphatic rings. The summed E-state index contributed by atoms with van der Waals surface area (Å²) in [6, 6.07) is 16.0. The average molecular weight is 460 g/mol. The highest BCUT2D eigenvalue weighted by molar-refractivity contribution is 7.92. The van der Waals surface area contributed by atoms with Crippen LogP contribution in [-0.4, -0.2) is 58.2 Å². The van der Waals surface area contributed by atoms with Crippen LogP contribution in [0.2, 0.25) is 0 Å². The first-order valence-electron chi connectivity index (χ1n) is 11.2. The van der Waals surface area contributed by atoms with Crippen molar-refractivity contribution in [3.63, 3.8) is 0 Å². The fraction of sp³-hybridized carbons (Fsp3) is 0.458. The number of nitrogens with one attached hydrogen (secondary N) is 1. The molecule has 0 aliphatic carbocycles. The molecule has 1 N–H and O–H groups in total. The first kappa shape index (κ1) is 24.1. The van der Waals surface area contributed by atoms with Crippen molar-refractivity contribution in [1.82, 2.24) is 10.2 Å². The highest BCUT2D eigenvalue weighted by Crippen LogP contribution is 2.33. The summed E-state index contributed by atoms with van der Waals surface area (Å²) in [4.78, 5) is 15.0. The van der Waals surface area contributed by atoms with Gasteiger partial charge in [0.25, 0.3) is 0 Å². The van der Waals surface area contributed by atoms with Gasteiger partial charge in [-0.3, -0.25) is 9.10 Å². The predicted molar refractivity (Wildman–Crippen MR) is 128 cm³/mol. The molecule has 3 rings (SSSR count). The van der Waals surface area contributed by atoms with E-state index in [0.29, 0.717) is 23.7 Å². The highest BCUT2D eigenvalue weighted by atomic mass is 32.2. The lowest BCUT2D eigenvalue weighted by atomic mass is 10.2. The summed E-state index contributed by atoms with van der Waals surface area (Å²) >= 11 is 0. The van der Waals surface area contributed by atoms with Crippen LogP contribution in [0, 0.1) is 0 Å². The van der Waals surface area contributed by atoms with Gasteiger partial charge in [-0.2, -0.15) is 0 Å². The van der Waals surface area contributed by atoms with Crippen molar-refractivity contribution in [3.05, 3.63) is 54.6 Å². The van der Waals surface area contributed by atoms with Crippen LogP contribution in [0.25, 0.3) is 0 Å². The van der Waals surface area contributed by atoms with Crippen LogP contribution in [0.5, 0.6) is 11.5 Å². The Morgan fingerprint density at radius 3 is 2.34 bits per heavy atom. The molecule has 0 unspecified atom stereocenters. The second-order valence-corrected chi connectivity index (χ2v) is 10.0. The van der Waals surface area contributed by atoms with Crippen molar-refractivity contribution < 1.29 is 17.9 Å². The summed E-state index contributed by atoms with van der Waals surface area (Å²) in [5.41, 5.74) is 0.332. The number of nitrogens with zero attached hydrogens (tertiary/aromatic N) is 2. The number of anilines is 1. The van der Waals surface area contributed by atoms with Crippen LogP contribution in [0.4, 0.5) is 5.69 Å². The predicted octanol–water partition coefficient (Wildman–Crippen LogP) is 3.63. The number of benzene rings is 2. The minimum Gasteiger partial charge on any atom is -0.455 e. The average Bonchev–Trinajstić information content (AvgIpc) is 3.05. The summed E-state index contributed by atoms with van der Waals surface area (Å²) in [7, 11) is -3.70. The maximum absolute atomic E-state index is 12.6. The van der Waals surface area contributed by atoms with E-state index in [1.807, 2.05) is 18.2 Å². The lowest BCUT2D eigenvalue weighted by Crippen LogP contribution is -2.41. The largest absolute Gasteiger partial charge is 0.455 e. The number of sulfonamides is 1. The molecule has 1 heterocycles. The monoisotopic (exact) mass is 459 g/mol. The van der Waals surface area contributed by atoms with Crippen LogP contribution in [-0.2, 0) is 14.8 Å². The Bertz CT molecular complexity index is 958. The third-order valence-corrected chi connectivity index (χ3v) is 6.59. The Kier molecular flexibility index (Phi) is 8.93. The Balaban J connectivity index is 1.60. The van der Waals surface area contributed by atoms with E-state index in [9.17, 15) is 13.2 Å². The van der Waals surface area contributed by atoms with Gasteiger partial charge in [-0.15, -0.1) is 0 Å². The standard InChI is InChI=1S/C24H33N3O4S/c1-32(29,30)27(20-24(28)25-16-11-19-26-17-9-2-3-10-18-26)22-14-7-8-15-23(22)31-21-12-5-4-6-13-21/h4-8,12-15H,2-3,9-11,16-20H2,1H3,(H,25,28). The molecule has 0 atom stereocenters. The second kappa shape index (κ2) is 11.9. The maximum atomic E-state index is 12.6. The topological polar surface area (TPSA) is 79.0 Å². The second-order valence-electron chi connectivity index (χ2n) is 8.11. The highest BCUT2D eigenvalue weighted by Gasteiger charge is 2.24. The third kappa shape index (κ3) is 7.53. The molecule has 1 saturated heterocycles. The zero-order chi connectivity index (χ0) is 22.8. The zero-order valence-electron chi connectivity index (χ0n) is 18.7. The van der Waals surface area contributed by atoms with Gasteiger partial charge in [-0.05, 0) is 63.2 Å². The van der Waals surface area contributed by atoms with E-state index < -0.39 is 10.0 Å². The minimum atomic E-state index is -3.70. The quantitative estimate of drug-likeness (QED) is 0.549. The first-order chi connectivity index (χ1) is 15.4. The minimum absolute atomic E-state index is 0.294. The Hall–Kier alpha value is -2.58. The molecule has 32 heavy (non-hydrogen) atoms. The van der Waals surface area contributed by atoms with Crippen LogP contribution in [0.3, 0.4) is 0 Å². The SMILES string of the molecule is CS(=O)(=O)N(CC(=O)NCCCN1CCCCCC1)c1ccccc1Oc1ccccc1. The van der Waals surface area contributed by atoms with E-state index in [-0.39, 0.29) is 12.5 Å². The van der Waals surface area contributed by atoms with Crippen molar-refractivity contribution in [1.29, 1.82) is 0 Å². The fourth-order valence-corrected chi connectivity index (χ4v) is 4.68. The molecule has 1 aliphatic heterocycles. The number of hydrogen-bond donors (Lipinski definition) is 1. The number of amides is 1. The molecule has 0 radical (unpaired) electrons. The molecule has 0 spiro atoms. The maximum Gasteiger partial charge on any atom is 0.240 e. The van der Waals surface area contributed by atoms with Gasteiger partial charge in [0.1, 0.15) is 12.3 Å². The lowest BCUT2D eigenvalue weighted by Gasteiger charge is -2.24. The number of carbonyl (C=O) groups excluding carboxylic acids is 1. The van der Waals surface area contributed by atoms with Crippen molar-refractivity contribution in [2.45, 2.75) is 32.1 Å². The molecule has 2 aromatic rings. The van der Waals surface area contributed by atoms with Crippen molar-refractivity contribution in [2.24, 2.45) is 0 Å². The summed E-state index contributed by atoms with van der Waals surface area (Å²) in [5.74, 6) is 0.630. The Labute approximate surface area is 191 Å². The molecule has 1 fully saturated rings. The summed E-state index contributed by atoms with van der Waals surface area (Å²) < 4.78 is 32.0. The van der Waals surface area contributed by atoms with E-state index >= 15 is 0 Å². The third-order valence-electron chi connectivity index (χ3n) is 5.46. The summed E-state index contributed by atoms with van der Waals surface area (Å²) in [5, 5.41) is 2.87. The number of likely N-dealkylation sites (tertiary alicyclic amines) is 1. The Morgan fingerprint density at radius 2 is 1.66 bits per heavy atom. The number of hydrogen-bond acceptors (Lipinski definition) is 5. The lowest BCUT2D eigenvalue weighted by molar-refractivity contribution is -0.119. The number of ether oxygens (including phenoxy) is 1. The van der Waals surface area contributed by atoms with Crippen LogP contribution >= 0.6 is 0 Å². The van der Waals surface area contributed by atoms with Crippen LogP contribution in [0.15, 0.2) is 54.6 Å². The fourth-order valence-electron chi connectivity index (χ4n) is 3.82. The van der Waals surface area contributed by atoms with Gasteiger partial charge >= 0.3 is 0 Å². The first-order valence-corrected chi connectivity index (χ1v) is 13.1. The molecule has 174 valence electrons. The normalized spacial score (nSPS) is 15.0. The van der Waals surface area contributed by atoms with Gasteiger partial charge in [0.05, 0.1) is 11.9 Å². The van der Waals surface area contributed by atoms with Crippen molar-refractivity contribution in [2.75, 3.05) is 43.3 Å². The van der Waals surface area contributed by atoms with Gasteiger partial charge in [-0.25, -0.2) is 8.42 Å². The van der Waals surface area contributed by atoms with Gasteiger partial charge in [0, 0.05) is 6.54 Å². The summed E-state index contributed by atoms with van der Waals surface area (Å²) in [6.07, 6.45) is 7.01. The number of para-hydroxylation sites is 3. The molecule has 0 bridgehead atoms. The van der Waals surface area contributed by atoms with E-state index in [1.165, 1.54) is 25.7 Å². The summed E-state index contributed by atoms with van der Waals surface area (Å²) in [6.45, 7) is 3.42.